The molecule has 0 radical (unpaired) electrons. The quantitative estimate of drug-likeness (QED) is 0.624. The topological polar surface area (TPSA) is 83.1 Å². The predicted molar refractivity (Wildman–Crippen MR) is 119 cm³/mol. The van der Waals surface area contributed by atoms with Gasteiger partial charge in [0, 0.05) is 45.0 Å². The molecule has 0 aliphatic carbocycles. The second-order valence-electron chi connectivity index (χ2n) is 6.79. The number of hydrogen-bond acceptors (Lipinski definition) is 7. The van der Waals surface area contributed by atoms with Crippen LogP contribution in [0.1, 0.15) is 17.3 Å². The molecule has 9 heteroatoms. The van der Waals surface area contributed by atoms with E-state index in [1.54, 1.807) is 25.5 Å². The fourth-order valence-corrected chi connectivity index (χ4v) is 4.04. The van der Waals surface area contributed by atoms with Crippen LogP contribution in [-0.4, -0.2) is 69.9 Å². The minimum absolute atomic E-state index is 0.298. The van der Waals surface area contributed by atoms with Gasteiger partial charge in [-0.1, -0.05) is 0 Å². The Morgan fingerprint density at radius 3 is 2.50 bits per heavy atom. The Hall–Kier alpha value is -2.78. The van der Waals surface area contributed by atoms with Crippen molar-refractivity contribution in [2.75, 3.05) is 63.2 Å². The average Bonchev–Trinajstić information content (AvgIpc) is 3.22. The highest BCUT2D eigenvalue weighted by Crippen LogP contribution is 2.24. The lowest BCUT2D eigenvalue weighted by molar-refractivity contribution is 0.0528. The van der Waals surface area contributed by atoms with Crippen molar-refractivity contribution in [3.8, 4) is 5.75 Å². The molecule has 2 N–H and O–H groups in total. The Morgan fingerprint density at radius 1 is 1.10 bits per heavy atom. The predicted octanol–water partition coefficient (Wildman–Crippen LogP) is 2.88. The number of nitrogens with zero attached hydrogens (tertiary/aromatic N) is 2. The third-order valence-electron chi connectivity index (χ3n) is 4.91. The lowest BCUT2D eigenvalue weighted by Gasteiger charge is -2.36. The molecule has 30 heavy (non-hydrogen) atoms. The van der Waals surface area contributed by atoms with Crippen molar-refractivity contribution < 1.29 is 19.1 Å². The summed E-state index contributed by atoms with van der Waals surface area (Å²) in [5, 5.41) is 7.85. The van der Waals surface area contributed by atoms with Gasteiger partial charge in [0.05, 0.1) is 19.3 Å². The number of carbonyl (C=O) groups excluding carboxylic acids is 2. The first-order chi connectivity index (χ1) is 14.6. The zero-order valence-corrected chi connectivity index (χ0v) is 18.2. The highest BCUT2D eigenvalue weighted by Gasteiger charge is 2.18. The average molecular weight is 433 g/mol. The van der Waals surface area contributed by atoms with Gasteiger partial charge in [0.25, 0.3) is 0 Å². The molecule has 1 aromatic carbocycles. The van der Waals surface area contributed by atoms with Crippen molar-refractivity contribution in [1.82, 2.24) is 10.2 Å². The van der Waals surface area contributed by atoms with Crippen LogP contribution in [0.15, 0.2) is 35.7 Å². The highest BCUT2D eigenvalue weighted by molar-refractivity contribution is 7.14. The zero-order chi connectivity index (χ0) is 21.3. The summed E-state index contributed by atoms with van der Waals surface area (Å²) in [6.45, 7) is 7.12. The molecule has 0 atom stereocenters. The maximum absolute atomic E-state index is 12.2. The van der Waals surface area contributed by atoms with Gasteiger partial charge < -0.3 is 19.7 Å². The fraction of sp³-hybridized carbons (Fsp3) is 0.429. The van der Waals surface area contributed by atoms with Gasteiger partial charge in [-0.3, -0.25) is 10.2 Å². The number of amides is 2. The third-order valence-corrected chi connectivity index (χ3v) is 5.74. The van der Waals surface area contributed by atoms with Gasteiger partial charge in [-0.2, -0.15) is 0 Å². The van der Waals surface area contributed by atoms with Crippen molar-refractivity contribution in [3.05, 3.63) is 41.3 Å². The largest absolute Gasteiger partial charge is 0.497 e. The number of thiophene rings is 1. The normalized spacial score (nSPS) is 14.3. The molecule has 0 spiro atoms. The van der Waals surface area contributed by atoms with Crippen LogP contribution in [0.4, 0.5) is 15.5 Å². The molecule has 1 fully saturated rings. The number of nitrogens with one attached hydrogen (secondary N) is 2. The number of carbonyl (C=O) groups is 2. The standard InChI is InChI=1S/C21H28N4O4S/c1-3-29-20(26)18-8-15-30-19(18)23-21(27)22-9-10-24-11-13-25(14-12-24)16-4-6-17(28-2)7-5-16/h4-8,15H,3,9-14H2,1-2H3,(H2,22,23,27). The van der Waals surface area contributed by atoms with E-state index in [1.165, 1.54) is 17.0 Å². The summed E-state index contributed by atoms with van der Waals surface area (Å²) in [4.78, 5) is 28.7. The SMILES string of the molecule is CCOC(=O)c1ccsc1NC(=O)NCCN1CCN(c2ccc(OC)cc2)CC1. The fourth-order valence-electron chi connectivity index (χ4n) is 3.27. The molecule has 162 valence electrons. The smallest absolute Gasteiger partial charge is 0.341 e. The molecule has 1 aliphatic rings. The second-order valence-corrected chi connectivity index (χ2v) is 7.71. The first-order valence-corrected chi connectivity index (χ1v) is 10.9. The first kappa shape index (κ1) is 21.9. The number of piperazine rings is 1. The van der Waals surface area contributed by atoms with Crippen molar-refractivity contribution in [2.24, 2.45) is 0 Å². The van der Waals surface area contributed by atoms with E-state index in [1.807, 2.05) is 12.1 Å². The van der Waals surface area contributed by atoms with Gasteiger partial charge in [0.2, 0.25) is 0 Å². The summed E-state index contributed by atoms with van der Waals surface area (Å²) >= 11 is 1.30. The monoisotopic (exact) mass is 432 g/mol. The first-order valence-electron chi connectivity index (χ1n) is 10.0. The van der Waals surface area contributed by atoms with E-state index < -0.39 is 5.97 Å². The number of benzene rings is 1. The van der Waals surface area contributed by atoms with Gasteiger partial charge in [-0.05, 0) is 42.6 Å². The summed E-state index contributed by atoms with van der Waals surface area (Å²) in [7, 11) is 1.67. The van der Waals surface area contributed by atoms with Crippen LogP contribution in [-0.2, 0) is 4.74 Å². The Kier molecular flexibility index (Phi) is 7.92. The van der Waals surface area contributed by atoms with Gasteiger partial charge in [-0.15, -0.1) is 11.3 Å². The summed E-state index contributed by atoms with van der Waals surface area (Å²) < 4.78 is 10.2. The minimum atomic E-state index is -0.427. The maximum Gasteiger partial charge on any atom is 0.341 e. The van der Waals surface area contributed by atoms with E-state index in [4.69, 9.17) is 9.47 Å². The molecular weight excluding hydrogens is 404 g/mol. The number of hydrogen-bond donors (Lipinski definition) is 2. The number of urea groups is 1. The van der Waals surface area contributed by atoms with Crippen LogP contribution in [0, 0.1) is 0 Å². The van der Waals surface area contributed by atoms with Crippen molar-refractivity contribution in [1.29, 1.82) is 0 Å². The lowest BCUT2D eigenvalue weighted by atomic mass is 10.2. The molecule has 3 rings (SSSR count). The maximum atomic E-state index is 12.2. The number of anilines is 2. The second kappa shape index (κ2) is 10.8. The molecule has 0 bridgehead atoms. The number of rotatable bonds is 8. The van der Waals surface area contributed by atoms with Crippen LogP contribution >= 0.6 is 11.3 Å². The molecule has 1 saturated heterocycles. The van der Waals surface area contributed by atoms with E-state index in [2.05, 4.69) is 32.6 Å². The van der Waals surface area contributed by atoms with Crippen LogP contribution < -0.4 is 20.3 Å². The van der Waals surface area contributed by atoms with Crippen LogP contribution in [0.5, 0.6) is 5.75 Å². The summed E-state index contributed by atoms with van der Waals surface area (Å²) in [6, 6.07) is 9.45. The Bertz CT molecular complexity index is 832. The molecule has 2 aromatic rings. The van der Waals surface area contributed by atoms with Gasteiger partial charge in [0.15, 0.2) is 0 Å². The molecular formula is C21H28N4O4S. The van der Waals surface area contributed by atoms with Crippen molar-refractivity contribution in [3.63, 3.8) is 0 Å². The Balaban J connectivity index is 1.37. The molecule has 2 heterocycles. The number of esters is 1. The minimum Gasteiger partial charge on any atom is -0.497 e. The third kappa shape index (κ3) is 5.87. The Morgan fingerprint density at radius 2 is 1.83 bits per heavy atom. The summed E-state index contributed by atoms with van der Waals surface area (Å²) in [5.41, 5.74) is 1.58. The number of methoxy groups -OCH3 is 1. The summed E-state index contributed by atoms with van der Waals surface area (Å²) in [5.74, 6) is 0.433. The van der Waals surface area contributed by atoms with Crippen LogP contribution in [0.25, 0.3) is 0 Å². The summed E-state index contributed by atoms with van der Waals surface area (Å²) in [6.07, 6.45) is 0. The van der Waals surface area contributed by atoms with E-state index in [9.17, 15) is 9.59 Å². The van der Waals surface area contributed by atoms with E-state index in [-0.39, 0.29) is 6.03 Å². The van der Waals surface area contributed by atoms with Gasteiger partial charge in [0.1, 0.15) is 10.8 Å². The molecule has 1 aliphatic heterocycles. The van der Waals surface area contributed by atoms with E-state index >= 15 is 0 Å². The van der Waals surface area contributed by atoms with Crippen molar-refractivity contribution in [2.45, 2.75) is 6.92 Å². The molecule has 2 amide bonds. The molecule has 1 aromatic heterocycles. The van der Waals surface area contributed by atoms with E-state index in [0.29, 0.717) is 23.7 Å². The highest BCUT2D eigenvalue weighted by atomic mass is 32.1. The van der Waals surface area contributed by atoms with E-state index in [0.717, 1.165) is 38.5 Å². The lowest BCUT2D eigenvalue weighted by Crippen LogP contribution is -2.48. The molecule has 0 unspecified atom stereocenters. The van der Waals surface area contributed by atoms with Gasteiger partial charge in [-0.25, -0.2) is 9.59 Å². The zero-order valence-electron chi connectivity index (χ0n) is 17.3. The molecule has 0 saturated carbocycles. The number of ether oxygens (including phenoxy) is 2. The molecule has 8 nitrogen and oxygen atoms in total. The van der Waals surface area contributed by atoms with Gasteiger partial charge >= 0.3 is 12.0 Å². The van der Waals surface area contributed by atoms with Crippen LogP contribution in [0.3, 0.4) is 0 Å². The van der Waals surface area contributed by atoms with Crippen molar-refractivity contribution >= 4 is 34.0 Å². The Labute approximate surface area is 180 Å². The van der Waals surface area contributed by atoms with Crippen LogP contribution in [0.2, 0.25) is 0 Å².